The highest BCUT2D eigenvalue weighted by Crippen LogP contribution is 2.22. The van der Waals surface area contributed by atoms with Gasteiger partial charge in [0.15, 0.2) is 0 Å². The number of unbranched alkanes of at least 4 members (excludes halogenated alkanes) is 2. The van der Waals surface area contributed by atoms with Crippen molar-refractivity contribution in [1.29, 1.82) is 0 Å². The molecule has 0 radical (unpaired) electrons. The molecular weight excluding hydrogens is 302 g/mol. The first-order valence-corrected chi connectivity index (χ1v) is 9.52. The third-order valence-corrected chi connectivity index (χ3v) is 3.77. The Morgan fingerprint density at radius 1 is 0.750 bits per heavy atom. The van der Waals surface area contributed by atoms with Crippen molar-refractivity contribution in [3.05, 3.63) is 0 Å². The van der Waals surface area contributed by atoms with E-state index in [9.17, 15) is 4.79 Å². The monoisotopic (exact) mass is 343 g/mol. The highest BCUT2D eigenvalue weighted by molar-refractivity contribution is 5.75. The zero-order valence-corrected chi connectivity index (χ0v) is 17.0. The van der Waals surface area contributed by atoms with Crippen LogP contribution in [-0.2, 0) is 14.3 Å². The molecule has 24 heavy (non-hydrogen) atoms. The van der Waals surface area contributed by atoms with Gasteiger partial charge in [-0.05, 0) is 30.1 Å². The number of carbonyl (C=O) groups is 1. The summed E-state index contributed by atoms with van der Waals surface area (Å²) in [5, 5.41) is 2.91. The van der Waals surface area contributed by atoms with Gasteiger partial charge in [0.1, 0.15) is 0 Å². The maximum atomic E-state index is 11.7. The summed E-state index contributed by atoms with van der Waals surface area (Å²) in [6.07, 6.45) is 6.21. The molecule has 0 aromatic carbocycles. The summed E-state index contributed by atoms with van der Waals surface area (Å²) in [7, 11) is 0. The highest BCUT2D eigenvalue weighted by Gasteiger charge is 2.10. The van der Waals surface area contributed by atoms with Crippen LogP contribution in [0.4, 0.5) is 0 Å². The molecule has 0 saturated carbocycles. The second-order valence-corrected chi connectivity index (χ2v) is 9.01. The van der Waals surface area contributed by atoms with Gasteiger partial charge in [0.2, 0.25) is 5.91 Å². The normalized spacial score (nSPS) is 12.4. The molecule has 0 spiro atoms. The second-order valence-electron chi connectivity index (χ2n) is 9.01. The Morgan fingerprint density at radius 3 is 1.92 bits per heavy atom. The highest BCUT2D eigenvalue weighted by atomic mass is 16.5. The first kappa shape index (κ1) is 23.4. The minimum Gasteiger partial charge on any atom is -0.379 e. The van der Waals surface area contributed by atoms with Gasteiger partial charge in [0.25, 0.3) is 0 Å². The number of rotatable bonds is 13. The van der Waals surface area contributed by atoms with Gasteiger partial charge in [-0.15, -0.1) is 0 Å². The molecule has 4 heteroatoms. The summed E-state index contributed by atoms with van der Waals surface area (Å²) in [5.74, 6) is 0.135. The van der Waals surface area contributed by atoms with Gasteiger partial charge in [0.05, 0.1) is 19.8 Å². The van der Waals surface area contributed by atoms with Gasteiger partial charge < -0.3 is 14.8 Å². The largest absolute Gasteiger partial charge is 0.379 e. The standard InChI is InChI=1S/C20H41NO3/c1-19(2,3)11-9-7-8-10-18(22)21-13-15-24-17-16-23-14-12-20(4,5)6/h7-17H2,1-6H3,(H,21,22). The summed E-state index contributed by atoms with van der Waals surface area (Å²) in [5.41, 5.74) is 0.716. The molecule has 0 heterocycles. The average molecular weight is 344 g/mol. The molecule has 0 aliphatic heterocycles. The fraction of sp³-hybridized carbons (Fsp3) is 0.950. The number of hydrogen-bond donors (Lipinski definition) is 1. The van der Waals surface area contributed by atoms with E-state index in [-0.39, 0.29) is 5.91 Å². The predicted octanol–water partition coefficient (Wildman–Crippen LogP) is 4.57. The molecule has 0 unspecified atom stereocenters. The van der Waals surface area contributed by atoms with E-state index in [1.54, 1.807) is 0 Å². The van der Waals surface area contributed by atoms with E-state index in [0.29, 0.717) is 43.6 Å². The molecule has 0 bridgehead atoms. The summed E-state index contributed by atoms with van der Waals surface area (Å²) >= 11 is 0. The van der Waals surface area contributed by atoms with E-state index < -0.39 is 0 Å². The van der Waals surface area contributed by atoms with Gasteiger partial charge >= 0.3 is 0 Å². The number of hydrogen-bond acceptors (Lipinski definition) is 3. The summed E-state index contributed by atoms with van der Waals surface area (Å²) in [4.78, 5) is 11.7. The number of carbonyl (C=O) groups excluding carboxylic acids is 1. The lowest BCUT2D eigenvalue weighted by Crippen LogP contribution is -2.27. The smallest absolute Gasteiger partial charge is 0.220 e. The van der Waals surface area contributed by atoms with Crippen LogP contribution in [0.3, 0.4) is 0 Å². The average Bonchev–Trinajstić information content (AvgIpc) is 2.42. The molecule has 0 saturated heterocycles. The van der Waals surface area contributed by atoms with Crippen LogP contribution in [-0.4, -0.2) is 38.9 Å². The Balaban J connectivity index is 3.29. The quantitative estimate of drug-likeness (QED) is 0.498. The van der Waals surface area contributed by atoms with Gasteiger partial charge in [-0.25, -0.2) is 0 Å². The van der Waals surface area contributed by atoms with Crippen LogP contribution >= 0.6 is 0 Å². The van der Waals surface area contributed by atoms with Crippen LogP contribution in [0.5, 0.6) is 0 Å². The molecule has 144 valence electrons. The van der Waals surface area contributed by atoms with Crippen molar-refractivity contribution in [2.45, 2.75) is 80.1 Å². The van der Waals surface area contributed by atoms with Crippen LogP contribution in [0.1, 0.15) is 80.1 Å². The Kier molecular flexibility index (Phi) is 12.4. The molecule has 1 N–H and O–H groups in total. The molecule has 0 aliphatic carbocycles. The van der Waals surface area contributed by atoms with E-state index >= 15 is 0 Å². The predicted molar refractivity (Wildman–Crippen MR) is 101 cm³/mol. The van der Waals surface area contributed by atoms with Crippen LogP contribution in [0.15, 0.2) is 0 Å². The van der Waals surface area contributed by atoms with Crippen molar-refractivity contribution in [3.8, 4) is 0 Å². The molecule has 0 aliphatic rings. The Hall–Kier alpha value is -0.610. The minimum atomic E-state index is 0.135. The minimum absolute atomic E-state index is 0.135. The van der Waals surface area contributed by atoms with Crippen molar-refractivity contribution in [2.75, 3.05) is 33.0 Å². The lowest BCUT2D eigenvalue weighted by atomic mass is 9.89. The second kappa shape index (κ2) is 12.7. The Bertz CT molecular complexity index is 316. The van der Waals surface area contributed by atoms with Crippen molar-refractivity contribution < 1.29 is 14.3 Å². The molecule has 0 fully saturated rings. The molecular formula is C20H41NO3. The summed E-state index contributed by atoms with van der Waals surface area (Å²) in [6.45, 7) is 16.5. The topological polar surface area (TPSA) is 47.6 Å². The lowest BCUT2D eigenvalue weighted by Gasteiger charge is -2.17. The van der Waals surface area contributed by atoms with Crippen LogP contribution in [0, 0.1) is 10.8 Å². The lowest BCUT2D eigenvalue weighted by molar-refractivity contribution is -0.121. The molecule has 4 nitrogen and oxygen atoms in total. The van der Waals surface area contributed by atoms with Crippen LogP contribution < -0.4 is 5.32 Å². The molecule has 0 atom stereocenters. The van der Waals surface area contributed by atoms with E-state index in [1.165, 1.54) is 12.8 Å². The Labute approximate surface area is 150 Å². The molecule has 1 amide bonds. The first-order chi connectivity index (χ1) is 11.1. The van der Waals surface area contributed by atoms with Gasteiger partial charge in [0, 0.05) is 19.6 Å². The van der Waals surface area contributed by atoms with Gasteiger partial charge in [-0.1, -0.05) is 54.4 Å². The third kappa shape index (κ3) is 19.4. The number of ether oxygens (including phenoxy) is 2. The fourth-order valence-corrected chi connectivity index (χ4v) is 2.17. The van der Waals surface area contributed by atoms with Crippen molar-refractivity contribution in [2.24, 2.45) is 10.8 Å². The number of amides is 1. The van der Waals surface area contributed by atoms with Gasteiger partial charge in [-0.2, -0.15) is 0 Å². The van der Waals surface area contributed by atoms with Crippen molar-refractivity contribution in [3.63, 3.8) is 0 Å². The van der Waals surface area contributed by atoms with E-state index in [0.717, 1.165) is 25.9 Å². The van der Waals surface area contributed by atoms with Crippen molar-refractivity contribution >= 4 is 5.91 Å². The SMILES string of the molecule is CC(C)(C)CCCCCC(=O)NCCOCCOCCC(C)(C)C. The summed E-state index contributed by atoms with van der Waals surface area (Å²) < 4.78 is 11.0. The number of nitrogens with one attached hydrogen (secondary N) is 1. The van der Waals surface area contributed by atoms with Crippen molar-refractivity contribution in [1.82, 2.24) is 5.32 Å². The first-order valence-electron chi connectivity index (χ1n) is 9.52. The Morgan fingerprint density at radius 2 is 1.33 bits per heavy atom. The van der Waals surface area contributed by atoms with E-state index in [2.05, 4.69) is 46.9 Å². The molecule has 0 rings (SSSR count). The zero-order valence-electron chi connectivity index (χ0n) is 17.0. The molecule has 0 aromatic heterocycles. The zero-order chi connectivity index (χ0) is 18.5. The maximum absolute atomic E-state index is 11.7. The summed E-state index contributed by atoms with van der Waals surface area (Å²) in [6, 6.07) is 0. The maximum Gasteiger partial charge on any atom is 0.220 e. The third-order valence-electron chi connectivity index (χ3n) is 3.77. The fourth-order valence-electron chi connectivity index (χ4n) is 2.17. The van der Waals surface area contributed by atoms with Gasteiger partial charge in [-0.3, -0.25) is 4.79 Å². The van der Waals surface area contributed by atoms with E-state index in [4.69, 9.17) is 9.47 Å². The van der Waals surface area contributed by atoms with Crippen LogP contribution in [0.25, 0.3) is 0 Å². The van der Waals surface area contributed by atoms with Crippen LogP contribution in [0.2, 0.25) is 0 Å². The molecule has 0 aromatic rings. The van der Waals surface area contributed by atoms with E-state index in [1.807, 2.05) is 0 Å².